The quantitative estimate of drug-likeness (QED) is 0.826. The number of nitrogens with two attached hydrogens (primary N) is 1. The largest absolute Gasteiger partial charge is 0.379 e. The standard InChI is InChI=1S/C13H19N3O2/c1-16(2)10-5-3-9(4-6-10)15-13(17)11-7-18-8-12(11)14/h3-6,11-12H,7-8,14H2,1-2H3,(H,15,17). The van der Waals surface area contributed by atoms with E-state index in [0.29, 0.717) is 13.2 Å². The molecule has 2 atom stereocenters. The smallest absolute Gasteiger partial charge is 0.231 e. The van der Waals surface area contributed by atoms with Crippen LogP contribution in [0.2, 0.25) is 0 Å². The number of ether oxygens (including phenoxy) is 1. The van der Waals surface area contributed by atoms with E-state index >= 15 is 0 Å². The highest BCUT2D eigenvalue weighted by atomic mass is 16.5. The molecule has 0 radical (unpaired) electrons. The lowest BCUT2D eigenvalue weighted by atomic mass is 10.0. The van der Waals surface area contributed by atoms with E-state index in [1.807, 2.05) is 43.3 Å². The summed E-state index contributed by atoms with van der Waals surface area (Å²) in [6, 6.07) is 7.48. The van der Waals surface area contributed by atoms with Gasteiger partial charge in [0.25, 0.3) is 0 Å². The molecule has 1 aliphatic rings. The van der Waals surface area contributed by atoms with Gasteiger partial charge in [0.2, 0.25) is 5.91 Å². The Hall–Kier alpha value is -1.59. The molecule has 5 heteroatoms. The van der Waals surface area contributed by atoms with E-state index < -0.39 is 0 Å². The van der Waals surface area contributed by atoms with Crippen LogP contribution in [0.15, 0.2) is 24.3 Å². The minimum Gasteiger partial charge on any atom is -0.379 e. The Morgan fingerprint density at radius 1 is 1.33 bits per heavy atom. The number of hydrogen-bond acceptors (Lipinski definition) is 4. The van der Waals surface area contributed by atoms with Crippen LogP contribution in [0.5, 0.6) is 0 Å². The summed E-state index contributed by atoms with van der Waals surface area (Å²) in [6.45, 7) is 0.862. The zero-order valence-electron chi connectivity index (χ0n) is 10.7. The molecule has 2 unspecified atom stereocenters. The molecule has 1 fully saturated rings. The van der Waals surface area contributed by atoms with E-state index in [9.17, 15) is 4.79 Å². The van der Waals surface area contributed by atoms with Gasteiger partial charge in [0.1, 0.15) is 0 Å². The van der Waals surface area contributed by atoms with Crippen LogP contribution in [0, 0.1) is 5.92 Å². The maximum absolute atomic E-state index is 12.0. The van der Waals surface area contributed by atoms with Crippen molar-refractivity contribution < 1.29 is 9.53 Å². The molecule has 0 spiro atoms. The maximum atomic E-state index is 12.0. The average Bonchev–Trinajstić information content (AvgIpc) is 2.76. The highest BCUT2D eigenvalue weighted by molar-refractivity contribution is 5.93. The zero-order chi connectivity index (χ0) is 13.1. The first kappa shape index (κ1) is 12.9. The number of hydrogen-bond donors (Lipinski definition) is 2. The predicted molar refractivity (Wildman–Crippen MR) is 71.7 cm³/mol. The Labute approximate surface area is 107 Å². The number of nitrogens with zero attached hydrogens (tertiary/aromatic N) is 1. The van der Waals surface area contributed by atoms with Crippen LogP contribution >= 0.6 is 0 Å². The summed E-state index contributed by atoms with van der Waals surface area (Å²) < 4.78 is 5.19. The fourth-order valence-corrected chi connectivity index (χ4v) is 1.92. The SMILES string of the molecule is CN(C)c1ccc(NC(=O)C2COCC2N)cc1. The molecular formula is C13H19N3O2. The maximum Gasteiger partial charge on any atom is 0.231 e. The lowest BCUT2D eigenvalue weighted by Gasteiger charge is -2.15. The van der Waals surface area contributed by atoms with Crippen molar-refractivity contribution in [3.8, 4) is 0 Å². The summed E-state index contributed by atoms with van der Waals surface area (Å²) in [7, 11) is 3.95. The van der Waals surface area contributed by atoms with Crippen LogP contribution in [0.25, 0.3) is 0 Å². The van der Waals surface area contributed by atoms with Crippen LogP contribution in [0.1, 0.15) is 0 Å². The van der Waals surface area contributed by atoms with Gasteiger partial charge in [-0.3, -0.25) is 4.79 Å². The lowest BCUT2D eigenvalue weighted by molar-refractivity contribution is -0.120. The van der Waals surface area contributed by atoms with Crippen molar-refractivity contribution in [2.75, 3.05) is 37.5 Å². The van der Waals surface area contributed by atoms with E-state index in [-0.39, 0.29) is 17.9 Å². The van der Waals surface area contributed by atoms with Gasteiger partial charge in [0.05, 0.1) is 19.1 Å². The first-order valence-electron chi connectivity index (χ1n) is 5.99. The number of nitrogens with one attached hydrogen (secondary N) is 1. The van der Waals surface area contributed by atoms with Gasteiger partial charge in [-0.25, -0.2) is 0 Å². The van der Waals surface area contributed by atoms with Gasteiger partial charge in [-0.2, -0.15) is 0 Å². The van der Waals surface area contributed by atoms with Crippen molar-refractivity contribution in [1.29, 1.82) is 0 Å². The Morgan fingerprint density at radius 2 is 2.00 bits per heavy atom. The highest BCUT2D eigenvalue weighted by Crippen LogP contribution is 2.18. The minimum absolute atomic E-state index is 0.0717. The first-order valence-corrected chi connectivity index (χ1v) is 5.99. The fraction of sp³-hybridized carbons (Fsp3) is 0.462. The van der Waals surface area contributed by atoms with E-state index in [4.69, 9.17) is 10.5 Å². The number of carbonyl (C=O) groups excluding carboxylic acids is 1. The van der Waals surface area contributed by atoms with Gasteiger partial charge in [-0.15, -0.1) is 0 Å². The van der Waals surface area contributed by atoms with Crippen molar-refractivity contribution in [2.24, 2.45) is 11.7 Å². The van der Waals surface area contributed by atoms with Gasteiger partial charge in [-0.05, 0) is 24.3 Å². The van der Waals surface area contributed by atoms with E-state index in [2.05, 4.69) is 5.32 Å². The predicted octanol–water partition coefficient (Wildman–Crippen LogP) is 0.665. The molecule has 1 heterocycles. The summed E-state index contributed by atoms with van der Waals surface area (Å²) in [5.41, 5.74) is 7.68. The first-order chi connectivity index (χ1) is 8.58. The Morgan fingerprint density at radius 3 is 2.50 bits per heavy atom. The minimum atomic E-state index is -0.251. The third kappa shape index (κ3) is 2.80. The summed E-state index contributed by atoms with van der Waals surface area (Å²) in [5.74, 6) is -0.323. The molecular weight excluding hydrogens is 230 g/mol. The highest BCUT2D eigenvalue weighted by Gasteiger charge is 2.31. The van der Waals surface area contributed by atoms with Crippen molar-refractivity contribution in [2.45, 2.75) is 6.04 Å². The lowest BCUT2D eigenvalue weighted by Crippen LogP contribution is -2.37. The number of rotatable bonds is 3. The molecule has 1 aromatic rings. The van der Waals surface area contributed by atoms with E-state index in [1.54, 1.807) is 0 Å². The molecule has 1 saturated heterocycles. The van der Waals surface area contributed by atoms with Gasteiger partial charge in [0, 0.05) is 31.5 Å². The van der Waals surface area contributed by atoms with Crippen molar-refractivity contribution in [1.82, 2.24) is 0 Å². The van der Waals surface area contributed by atoms with Gasteiger partial charge >= 0.3 is 0 Å². The zero-order valence-corrected chi connectivity index (χ0v) is 10.7. The normalized spacial score (nSPS) is 22.8. The second-order valence-electron chi connectivity index (χ2n) is 4.74. The fourth-order valence-electron chi connectivity index (χ4n) is 1.92. The monoisotopic (exact) mass is 249 g/mol. The van der Waals surface area contributed by atoms with Crippen molar-refractivity contribution in [3.63, 3.8) is 0 Å². The molecule has 0 aromatic heterocycles. The van der Waals surface area contributed by atoms with E-state index in [1.165, 1.54) is 0 Å². The number of anilines is 2. The number of carbonyl (C=O) groups is 1. The molecule has 1 aliphatic heterocycles. The molecule has 0 saturated carbocycles. The summed E-state index contributed by atoms with van der Waals surface area (Å²) >= 11 is 0. The molecule has 18 heavy (non-hydrogen) atoms. The summed E-state index contributed by atoms with van der Waals surface area (Å²) in [6.07, 6.45) is 0. The van der Waals surface area contributed by atoms with Gasteiger partial charge in [0.15, 0.2) is 0 Å². The Kier molecular flexibility index (Phi) is 3.84. The average molecular weight is 249 g/mol. The molecule has 0 bridgehead atoms. The van der Waals surface area contributed by atoms with Crippen molar-refractivity contribution >= 4 is 17.3 Å². The summed E-state index contributed by atoms with van der Waals surface area (Å²) in [4.78, 5) is 14.0. The molecule has 0 aliphatic carbocycles. The second-order valence-corrected chi connectivity index (χ2v) is 4.74. The Balaban J connectivity index is 1.98. The van der Waals surface area contributed by atoms with Gasteiger partial charge < -0.3 is 20.7 Å². The van der Waals surface area contributed by atoms with Crippen LogP contribution < -0.4 is 16.0 Å². The molecule has 98 valence electrons. The molecule has 2 rings (SSSR count). The molecule has 1 amide bonds. The third-order valence-electron chi connectivity index (χ3n) is 3.11. The van der Waals surface area contributed by atoms with Crippen LogP contribution in [0.4, 0.5) is 11.4 Å². The van der Waals surface area contributed by atoms with Crippen molar-refractivity contribution in [3.05, 3.63) is 24.3 Å². The third-order valence-corrected chi connectivity index (χ3v) is 3.11. The number of benzene rings is 1. The number of amides is 1. The second kappa shape index (κ2) is 5.37. The molecule has 5 nitrogen and oxygen atoms in total. The van der Waals surface area contributed by atoms with Crippen LogP contribution in [-0.4, -0.2) is 39.3 Å². The Bertz CT molecular complexity index is 417. The molecule has 3 N–H and O–H groups in total. The van der Waals surface area contributed by atoms with Crippen LogP contribution in [-0.2, 0) is 9.53 Å². The van der Waals surface area contributed by atoms with Crippen LogP contribution in [0.3, 0.4) is 0 Å². The topological polar surface area (TPSA) is 67.6 Å². The van der Waals surface area contributed by atoms with E-state index in [0.717, 1.165) is 11.4 Å². The van der Waals surface area contributed by atoms with Gasteiger partial charge in [-0.1, -0.05) is 0 Å². The molecule has 1 aromatic carbocycles. The summed E-state index contributed by atoms with van der Waals surface area (Å²) in [5, 5.41) is 2.86.